The highest BCUT2D eigenvalue weighted by atomic mass is 16.5. The number of hydrogen-bond donors (Lipinski definition) is 1. The Morgan fingerprint density at radius 2 is 1.90 bits per heavy atom. The highest BCUT2D eigenvalue weighted by Crippen LogP contribution is 2.32. The molecule has 4 atom stereocenters. The summed E-state index contributed by atoms with van der Waals surface area (Å²) in [6.07, 6.45) is 8.42. The summed E-state index contributed by atoms with van der Waals surface area (Å²) in [5.74, 6) is 0.943. The fourth-order valence-electron chi connectivity index (χ4n) is 4.05. The van der Waals surface area contributed by atoms with Crippen molar-refractivity contribution in [2.75, 3.05) is 40.5 Å². The van der Waals surface area contributed by atoms with E-state index >= 15 is 0 Å². The van der Waals surface area contributed by atoms with Gasteiger partial charge in [-0.05, 0) is 38.5 Å². The van der Waals surface area contributed by atoms with E-state index in [0.29, 0.717) is 12.1 Å². The number of nitrogens with zero attached hydrogens (tertiary/aromatic N) is 1. The molecule has 0 amide bonds. The van der Waals surface area contributed by atoms with E-state index in [1.165, 1.54) is 38.5 Å². The SMILES string of the molecule is COCCN(CC1CCC2CCCCC2N1)C(C)COC. The van der Waals surface area contributed by atoms with Gasteiger partial charge in [0.05, 0.1) is 13.2 Å². The number of fused-ring (bicyclic) bond motifs is 1. The second kappa shape index (κ2) is 9.09. The first-order valence-electron chi connectivity index (χ1n) is 8.72. The van der Waals surface area contributed by atoms with Gasteiger partial charge >= 0.3 is 0 Å². The Hall–Kier alpha value is -0.160. The molecule has 0 radical (unpaired) electrons. The molecule has 1 saturated heterocycles. The molecule has 0 aromatic carbocycles. The smallest absolute Gasteiger partial charge is 0.0615 e. The van der Waals surface area contributed by atoms with Gasteiger partial charge in [-0.2, -0.15) is 0 Å². The van der Waals surface area contributed by atoms with Crippen molar-refractivity contribution in [3.63, 3.8) is 0 Å². The lowest BCUT2D eigenvalue weighted by Crippen LogP contribution is -2.54. The topological polar surface area (TPSA) is 33.7 Å². The van der Waals surface area contributed by atoms with Crippen molar-refractivity contribution in [1.29, 1.82) is 0 Å². The van der Waals surface area contributed by atoms with Gasteiger partial charge in [-0.25, -0.2) is 0 Å². The predicted octanol–water partition coefficient (Wildman–Crippen LogP) is 2.28. The number of nitrogens with one attached hydrogen (secondary N) is 1. The molecule has 0 aromatic rings. The van der Waals surface area contributed by atoms with E-state index in [9.17, 15) is 0 Å². The average Bonchev–Trinajstić information content (AvgIpc) is 2.51. The molecule has 4 unspecified atom stereocenters. The standard InChI is InChI=1S/C17H34N2O2/c1-14(13-21-3)19(10-11-20-2)12-16-9-8-15-6-4-5-7-17(15)18-16/h14-18H,4-13H2,1-3H3. The molecule has 4 heteroatoms. The maximum absolute atomic E-state index is 5.34. The molecule has 21 heavy (non-hydrogen) atoms. The zero-order valence-corrected chi connectivity index (χ0v) is 14.1. The fourth-order valence-corrected chi connectivity index (χ4v) is 4.05. The van der Waals surface area contributed by atoms with Crippen molar-refractivity contribution in [3.05, 3.63) is 0 Å². The van der Waals surface area contributed by atoms with E-state index in [0.717, 1.165) is 38.3 Å². The second-order valence-electron chi connectivity index (χ2n) is 6.88. The van der Waals surface area contributed by atoms with Crippen LogP contribution in [0.4, 0.5) is 0 Å². The third kappa shape index (κ3) is 5.20. The molecule has 4 nitrogen and oxygen atoms in total. The zero-order chi connectivity index (χ0) is 15.1. The molecular weight excluding hydrogens is 264 g/mol. The largest absolute Gasteiger partial charge is 0.383 e. The van der Waals surface area contributed by atoms with Gasteiger partial charge in [0.25, 0.3) is 0 Å². The number of rotatable bonds is 8. The lowest BCUT2D eigenvalue weighted by molar-refractivity contribution is 0.0583. The van der Waals surface area contributed by atoms with Gasteiger partial charge in [-0.3, -0.25) is 4.90 Å². The molecule has 1 aliphatic heterocycles. The Labute approximate surface area is 130 Å². The molecule has 2 aliphatic rings. The molecule has 2 rings (SSSR count). The van der Waals surface area contributed by atoms with Crippen LogP contribution in [0, 0.1) is 5.92 Å². The average molecular weight is 298 g/mol. The van der Waals surface area contributed by atoms with E-state index in [1.54, 1.807) is 14.2 Å². The number of ether oxygens (including phenoxy) is 2. The van der Waals surface area contributed by atoms with Gasteiger partial charge in [0.1, 0.15) is 0 Å². The minimum absolute atomic E-state index is 0.455. The van der Waals surface area contributed by atoms with Crippen LogP contribution in [0.2, 0.25) is 0 Å². The van der Waals surface area contributed by atoms with Crippen LogP contribution in [0.5, 0.6) is 0 Å². The molecule has 1 saturated carbocycles. The molecular formula is C17H34N2O2. The summed E-state index contributed by atoms with van der Waals surface area (Å²) in [5, 5.41) is 3.94. The molecule has 0 bridgehead atoms. The first-order valence-corrected chi connectivity index (χ1v) is 8.72. The van der Waals surface area contributed by atoms with Gasteiger partial charge in [0.15, 0.2) is 0 Å². The Balaban J connectivity index is 1.83. The van der Waals surface area contributed by atoms with Crippen LogP contribution >= 0.6 is 0 Å². The van der Waals surface area contributed by atoms with Crippen LogP contribution in [0.3, 0.4) is 0 Å². The van der Waals surface area contributed by atoms with Crippen LogP contribution in [0.15, 0.2) is 0 Å². The van der Waals surface area contributed by atoms with Crippen molar-refractivity contribution in [3.8, 4) is 0 Å². The van der Waals surface area contributed by atoms with Crippen LogP contribution < -0.4 is 5.32 Å². The minimum Gasteiger partial charge on any atom is -0.383 e. The Kier molecular flexibility index (Phi) is 7.44. The Morgan fingerprint density at radius 3 is 2.67 bits per heavy atom. The van der Waals surface area contributed by atoms with Gasteiger partial charge in [-0.1, -0.05) is 12.8 Å². The second-order valence-corrected chi connectivity index (χ2v) is 6.88. The summed E-state index contributed by atoms with van der Waals surface area (Å²) in [4.78, 5) is 2.52. The number of methoxy groups -OCH3 is 2. The van der Waals surface area contributed by atoms with E-state index in [2.05, 4.69) is 17.1 Å². The summed E-state index contributed by atoms with van der Waals surface area (Å²) >= 11 is 0. The van der Waals surface area contributed by atoms with Crippen molar-refractivity contribution in [1.82, 2.24) is 10.2 Å². The molecule has 0 spiro atoms. The van der Waals surface area contributed by atoms with Gasteiger partial charge in [0, 0.05) is 45.4 Å². The van der Waals surface area contributed by atoms with Crippen molar-refractivity contribution in [2.24, 2.45) is 5.92 Å². The van der Waals surface area contributed by atoms with Gasteiger partial charge in [0.2, 0.25) is 0 Å². The molecule has 2 fully saturated rings. The zero-order valence-electron chi connectivity index (χ0n) is 14.1. The normalized spacial score (nSPS) is 31.1. The van der Waals surface area contributed by atoms with Gasteiger partial charge in [-0.15, -0.1) is 0 Å². The lowest BCUT2D eigenvalue weighted by Gasteiger charge is -2.42. The molecule has 124 valence electrons. The van der Waals surface area contributed by atoms with E-state index in [1.807, 2.05) is 0 Å². The van der Waals surface area contributed by atoms with Crippen molar-refractivity contribution >= 4 is 0 Å². The summed E-state index contributed by atoms with van der Waals surface area (Å²) in [5.41, 5.74) is 0. The monoisotopic (exact) mass is 298 g/mol. The molecule has 1 N–H and O–H groups in total. The summed E-state index contributed by atoms with van der Waals surface area (Å²) in [7, 11) is 3.57. The van der Waals surface area contributed by atoms with Crippen molar-refractivity contribution < 1.29 is 9.47 Å². The molecule has 1 heterocycles. The van der Waals surface area contributed by atoms with Crippen molar-refractivity contribution in [2.45, 2.75) is 63.6 Å². The fraction of sp³-hybridized carbons (Fsp3) is 1.00. The van der Waals surface area contributed by atoms with Gasteiger partial charge < -0.3 is 14.8 Å². The Morgan fingerprint density at radius 1 is 1.10 bits per heavy atom. The number of piperidine rings is 1. The Bertz CT molecular complexity index is 288. The van der Waals surface area contributed by atoms with Crippen LogP contribution in [-0.4, -0.2) is 63.5 Å². The predicted molar refractivity (Wildman–Crippen MR) is 86.7 cm³/mol. The minimum atomic E-state index is 0.455. The highest BCUT2D eigenvalue weighted by Gasteiger charge is 2.32. The maximum atomic E-state index is 5.34. The quantitative estimate of drug-likeness (QED) is 0.745. The van der Waals surface area contributed by atoms with Crippen LogP contribution in [0.25, 0.3) is 0 Å². The summed E-state index contributed by atoms with van der Waals surface area (Å²) in [6.45, 7) is 5.96. The highest BCUT2D eigenvalue weighted by molar-refractivity contribution is 4.90. The number of hydrogen-bond acceptors (Lipinski definition) is 4. The third-order valence-electron chi connectivity index (χ3n) is 5.31. The van der Waals surface area contributed by atoms with E-state index < -0.39 is 0 Å². The summed E-state index contributed by atoms with van der Waals surface area (Å²) < 4.78 is 10.6. The van der Waals surface area contributed by atoms with Crippen LogP contribution in [0.1, 0.15) is 45.4 Å². The first kappa shape index (κ1) is 17.2. The molecule has 1 aliphatic carbocycles. The maximum Gasteiger partial charge on any atom is 0.0615 e. The lowest BCUT2D eigenvalue weighted by atomic mass is 9.77. The molecule has 0 aromatic heterocycles. The van der Waals surface area contributed by atoms with E-state index in [4.69, 9.17) is 9.47 Å². The third-order valence-corrected chi connectivity index (χ3v) is 5.31. The van der Waals surface area contributed by atoms with E-state index in [-0.39, 0.29) is 0 Å². The summed E-state index contributed by atoms with van der Waals surface area (Å²) in [6, 6.07) is 1.87. The van der Waals surface area contributed by atoms with Crippen LogP contribution in [-0.2, 0) is 9.47 Å². The first-order chi connectivity index (χ1) is 10.2.